The summed E-state index contributed by atoms with van der Waals surface area (Å²) in [7, 11) is 2.01. The molecule has 0 aromatic heterocycles. The number of nitrogens with one attached hydrogen (secondary N) is 1. The van der Waals surface area contributed by atoms with Crippen LogP contribution in [0.2, 0.25) is 0 Å². The van der Waals surface area contributed by atoms with Crippen molar-refractivity contribution in [2.24, 2.45) is 0 Å². The second kappa shape index (κ2) is 3.18. The van der Waals surface area contributed by atoms with Crippen LogP contribution in [0, 0.1) is 0 Å². The highest BCUT2D eigenvalue weighted by Crippen LogP contribution is 2.09. The first-order chi connectivity index (χ1) is 4.34. The van der Waals surface area contributed by atoms with Crippen LogP contribution in [0.1, 0.15) is 13.3 Å². The van der Waals surface area contributed by atoms with Crippen molar-refractivity contribution in [3.05, 3.63) is 0 Å². The Bertz CT molecular complexity index is 79.0. The van der Waals surface area contributed by atoms with Gasteiger partial charge in [0.1, 0.15) is 0 Å². The van der Waals surface area contributed by atoms with Gasteiger partial charge in [-0.15, -0.1) is 0 Å². The van der Waals surface area contributed by atoms with Crippen molar-refractivity contribution >= 4 is 0 Å². The summed E-state index contributed by atoms with van der Waals surface area (Å²) in [6, 6.07) is 0.740. The van der Waals surface area contributed by atoms with Crippen molar-refractivity contribution in [3.8, 4) is 0 Å². The molecule has 1 atom stereocenters. The van der Waals surface area contributed by atoms with Gasteiger partial charge in [0.15, 0.2) is 0 Å². The van der Waals surface area contributed by atoms with Gasteiger partial charge in [0.25, 0.3) is 0 Å². The molecule has 1 saturated heterocycles. The van der Waals surface area contributed by atoms with E-state index in [-0.39, 0.29) is 0 Å². The van der Waals surface area contributed by atoms with E-state index in [0.717, 1.165) is 12.6 Å². The molecule has 54 valence electrons. The Morgan fingerprint density at radius 2 is 2.22 bits per heavy atom. The van der Waals surface area contributed by atoms with E-state index in [2.05, 4.69) is 17.1 Å². The summed E-state index contributed by atoms with van der Waals surface area (Å²) in [5.74, 6) is 0. The molecule has 0 bridgehead atoms. The predicted octanol–water partition coefficient (Wildman–Crippen LogP) is 0.300. The molecule has 1 aliphatic rings. The maximum atomic E-state index is 3.17. The molecule has 0 amide bonds. The van der Waals surface area contributed by atoms with Crippen LogP contribution >= 0.6 is 0 Å². The highest BCUT2D eigenvalue weighted by Gasteiger charge is 2.18. The zero-order chi connectivity index (χ0) is 6.69. The van der Waals surface area contributed by atoms with Crippen molar-refractivity contribution in [2.75, 3.05) is 26.7 Å². The molecule has 0 aromatic rings. The van der Waals surface area contributed by atoms with Crippen molar-refractivity contribution in [1.29, 1.82) is 0 Å². The Balaban J connectivity index is 2.08. The highest BCUT2D eigenvalue weighted by molar-refractivity contribution is 4.75. The second-order valence-electron chi connectivity index (χ2n) is 2.80. The largest absolute Gasteiger partial charge is 0.318 e. The topological polar surface area (TPSA) is 15.3 Å². The summed E-state index contributed by atoms with van der Waals surface area (Å²) in [6.45, 7) is 6.02. The molecule has 0 spiro atoms. The number of hydrogen-bond acceptors (Lipinski definition) is 2. The van der Waals surface area contributed by atoms with Crippen LogP contribution in [0.3, 0.4) is 0 Å². The third kappa shape index (κ3) is 1.66. The maximum absolute atomic E-state index is 3.17. The van der Waals surface area contributed by atoms with Crippen LogP contribution in [0.5, 0.6) is 0 Å². The van der Waals surface area contributed by atoms with Gasteiger partial charge >= 0.3 is 0 Å². The first-order valence-electron chi connectivity index (χ1n) is 3.73. The van der Waals surface area contributed by atoms with Crippen LogP contribution in [0.25, 0.3) is 0 Å². The third-order valence-electron chi connectivity index (χ3n) is 2.01. The molecule has 9 heavy (non-hydrogen) atoms. The van der Waals surface area contributed by atoms with Gasteiger partial charge < -0.3 is 5.32 Å². The molecule has 0 aliphatic carbocycles. The lowest BCUT2D eigenvalue weighted by molar-refractivity contribution is 0.128. The molecule has 1 unspecified atom stereocenters. The molecule has 0 radical (unpaired) electrons. The van der Waals surface area contributed by atoms with Gasteiger partial charge in [-0.05, 0) is 33.5 Å². The van der Waals surface area contributed by atoms with E-state index in [0.29, 0.717) is 0 Å². The van der Waals surface area contributed by atoms with Crippen molar-refractivity contribution in [3.63, 3.8) is 0 Å². The van der Waals surface area contributed by atoms with Crippen molar-refractivity contribution in [2.45, 2.75) is 19.4 Å². The normalized spacial score (nSPS) is 23.3. The van der Waals surface area contributed by atoms with Gasteiger partial charge in [-0.25, -0.2) is 0 Å². The van der Waals surface area contributed by atoms with Crippen LogP contribution in [-0.4, -0.2) is 37.6 Å². The van der Waals surface area contributed by atoms with E-state index in [4.69, 9.17) is 0 Å². The van der Waals surface area contributed by atoms with Crippen molar-refractivity contribution in [1.82, 2.24) is 10.2 Å². The summed E-state index contributed by atoms with van der Waals surface area (Å²) in [4.78, 5) is 2.50. The van der Waals surface area contributed by atoms with Gasteiger partial charge in [-0.3, -0.25) is 4.90 Å². The molecule has 0 saturated carbocycles. The second-order valence-corrected chi connectivity index (χ2v) is 2.80. The van der Waals surface area contributed by atoms with Gasteiger partial charge in [0.2, 0.25) is 0 Å². The van der Waals surface area contributed by atoms with E-state index >= 15 is 0 Å². The Hall–Kier alpha value is -0.0800. The Kier molecular flexibility index (Phi) is 2.49. The summed E-state index contributed by atoms with van der Waals surface area (Å²) in [6.07, 6.45) is 1.40. The van der Waals surface area contributed by atoms with Gasteiger partial charge in [-0.1, -0.05) is 0 Å². The molecule has 1 fully saturated rings. The Labute approximate surface area is 57.2 Å². The molecular weight excluding hydrogens is 112 g/mol. The van der Waals surface area contributed by atoms with Crippen LogP contribution in [0.15, 0.2) is 0 Å². The highest BCUT2D eigenvalue weighted by atomic mass is 15.2. The lowest BCUT2D eigenvalue weighted by Gasteiger charge is -2.36. The minimum atomic E-state index is 0.740. The molecule has 2 nitrogen and oxygen atoms in total. The summed E-state index contributed by atoms with van der Waals surface area (Å²) in [5.41, 5.74) is 0. The van der Waals surface area contributed by atoms with Crippen LogP contribution < -0.4 is 5.32 Å². The summed E-state index contributed by atoms with van der Waals surface area (Å²) in [5, 5.41) is 3.17. The number of likely N-dealkylation sites (N-methyl/N-ethyl adjacent to an activating group) is 1. The van der Waals surface area contributed by atoms with Gasteiger partial charge in [-0.2, -0.15) is 0 Å². The lowest BCUT2D eigenvalue weighted by Crippen LogP contribution is -2.47. The molecule has 0 aromatic carbocycles. The van der Waals surface area contributed by atoms with E-state index in [1.54, 1.807) is 0 Å². The number of nitrogens with zero attached hydrogens (tertiary/aromatic N) is 1. The first-order valence-corrected chi connectivity index (χ1v) is 3.73. The van der Waals surface area contributed by atoms with Gasteiger partial charge in [0, 0.05) is 12.6 Å². The third-order valence-corrected chi connectivity index (χ3v) is 2.01. The Morgan fingerprint density at radius 1 is 1.56 bits per heavy atom. The first kappa shape index (κ1) is 7.03. The minimum Gasteiger partial charge on any atom is -0.318 e. The zero-order valence-electron chi connectivity index (χ0n) is 6.35. The van der Waals surface area contributed by atoms with Gasteiger partial charge in [0.05, 0.1) is 0 Å². The SMILES string of the molecule is CNCC(C)N1CCC1. The van der Waals surface area contributed by atoms with Crippen LogP contribution in [-0.2, 0) is 0 Å². The fraction of sp³-hybridized carbons (Fsp3) is 1.00. The molecule has 1 aliphatic heterocycles. The van der Waals surface area contributed by atoms with E-state index in [1.807, 2.05) is 7.05 Å². The fourth-order valence-corrected chi connectivity index (χ4v) is 1.21. The smallest absolute Gasteiger partial charge is 0.0192 e. The molecule has 1 heterocycles. The number of rotatable bonds is 3. The van der Waals surface area contributed by atoms with Crippen LogP contribution in [0.4, 0.5) is 0 Å². The maximum Gasteiger partial charge on any atom is 0.0192 e. The Morgan fingerprint density at radius 3 is 2.56 bits per heavy atom. The summed E-state index contributed by atoms with van der Waals surface area (Å²) < 4.78 is 0. The zero-order valence-corrected chi connectivity index (χ0v) is 6.35. The lowest BCUT2D eigenvalue weighted by atomic mass is 10.1. The quantitative estimate of drug-likeness (QED) is 0.588. The number of hydrogen-bond donors (Lipinski definition) is 1. The average molecular weight is 128 g/mol. The standard InChI is InChI=1S/C7H16N2/c1-7(6-8-2)9-4-3-5-9/h7-8H,3-6H2,1-2H3. The van der Waals surface area contributed by atoms with E-state index in [9.17, 15) is 0 Å². The predicted molar refractivity (Wildman–Crippen MR) is 39.6 cm³/mol. The minimum absolute atomic E-state index is 0.740. The van der Waals surface area contributed by atoms with E-state index < -0.39 is 0 Å². The summed E-state index contributed by atoms with van der Waals surface area (Å²) >= 11 is 0. The average Bonchev–Trinajstić information content (AvgIpc) is 1.60. The number of likely N-dealkylation sites (tertiary alicyclic amines) is 1. The van der Waals surface area contributed by atoms with E-state index in [1.165, 1.54) is 19.5 Å². The fourth-order valence-electron chi connectivity index (χ4n) is 1.21. The molecule has 2 heteroatoms. The monoisotopic (exact) mass is 128 g/mol. The molecular formula is C7H16N2. The van der Waals surface area contributed by atoms with Crippen molar-refractivity contribution < 1.29 is 0 Å². The molecule has 1 rings (SSSR count). The molecule has 1 N–H and O–H groups in total.